The molecule has 1 aliphatic rings. The van der Waals surface area contributed by atoms with Crippen LogP contribution in [0.25, 0.3) is 0 Å². The fraction of sp³-hybridized carbons (Fsp3) is 0.360. The molecule has 2 unspecified atom stereocenters. The number of anilines is 2. The maximum Gasteiger partial charge on any atom is 0.239 e. The lowest BCUT2D eigenvalue weighted by atomic mass is 9.93. The Morgan fingerprint density at radius 3 is 2.73 bits per heavy atom. The predicted octanol–water partition coefficient (Wildman–Crippen LogP) is 3.65. The van der Waals surface area contributed by atoms with Crippen LogP contribution in [-0.4, -0.2) is 44.9 Å². The lowest BCUT2D eigenvalue weighted by Gasteiger charge is -2.34. The number of nitrogens with one attached hydrogen (secondary N) is 1. The van der Waals surface area contributed by atoms with Crippen LogP contribution in [-0.2, 0) is 11.2 Å². The number of piperidine rings is 1. The molecule has 0 saturated carbocycles. The molecule has 0 radical (unpaired) electrons. The zero-order chi connectivity index (χ0) is 23.4. The Balaban J connectivity index is 1.44. The van der Waals surface area contributed by atoms with Gasteiger partial charge in [0.15, 0.2) is 0 Å². The highest BCUT2D eigenvalue weighted by molar-refractivity contribution is 5.82. The van der Waals surface area contributed by atoms with E-state index in [1.807, 2.05) is 36.9 Å². The van der Waals surface area contributed by atoms with Crippen molar-refractivity contribution in [3.8, 4) is 0 Å². The molecule has 7 nitrogen and oxygen atoms in total. The van der Waals surface area contributed by atoms with Gasteiger partial charge in [-0.1, -0.05) is 12.1 Å². The van der Waals surface area contributed by atoms with Crippen molar-refractivity contribution < 1.29 is 9.18 Å². The first-order valence-electron chi connectivity index (χ1n) is 11.2. The summed E-state index contributed by atoms with van der Waals surface area (Å²) in [6.45, 7) is 5.12. The van der Waals surface area contributed by atoms with E-state index in [1.165, 1.54) is 12.1 Å². The van der Waals surface area contributed by atoms with Crippen molar-refractivity contribution in [2.75, 3.05) is 18.4 Å². The van der Waals surface area contributed by atoms with Crippen molar-refractivity contribution in [3.05, 3.63) is 77.1 Å². The van der Waals surface area contributed by atoms with Gasteiger partial charge in [0.1, 0.15) is 23.3 Å². The van der Waals surface area contributed by atoms with Crippen molar-refractivity contribution in [2.24, 2.45) is 5.73 Å². The van der Waals surface area contributed by atoms with E-state index in [9.17, 15) is 9.18 Å². The first-order chi connectivity index (χ1) is 15.9. The molecule has 0 aliphatic carbocycles. The molecule has 1 aromatic carbocycles. The van der Waals surface area contributed by atoms with Gasteiger partial charge in [-0.2, -0.15) is 0 Å². The molecule has 3 heterocycles. The summed E-state index contributed by atoms with van der Waals surface area (Å²) < 4.78 is 13.1. The maximum atomic E-state index is 13.1. The van der Waals surface area contributed by atoms with Crippen LogP contribution in [0.5, 0.6) is 0 Å². The van der Waals surface area contributed by atoms with E-state index >= 15 is 0 Å². The molecule has 2 aromatic heterocycles. The van der Waals surface area contributed by atoms with E-state index in [2.05, 4.69) is 20.3 Å². The standard InChI is InChI=1S/C25H29FN6O/c1-16-9-10-28-23(12-16)31-24-14-22(29-17(2)30-24)19-4-3-11-32(15-19)25(33)21(27)13-18-5-7-20(26)8-6-18/h5-10,12,14,19,21H,3-4,11,13,15,27H2,1-2H3,(H,28,29,30,31). The SMILES string of the molecule is Cc1ccnc(Nc2cc(C3CCCN(C(=O)C(N)Cc4ccc(F)cc4)C3)nc(C)n2)c1. The van der Waals surface area contributed by atoms with Crippen LogP contribution in [0.1, 0.15) is 41.4 Å². The molecule has 33 heavy (non-hydrogen) atoms. The lowest BCUT2D eigenvalue weighted by Crippen LogP contribution is -2.48. The molecular formula is C25H29FN6O. The first-order valence-corrected chi connectivity index (χ1v) is 11.2. The Labute approximate surface area is 193 Å². The van der Waals surface area contributed by atoms with Gasteiger partial charge in [-0.25, -0.2) is 19.3 Å². The Morgan fingerprint density at radius 1 is 1.18 bits per heavy atom. The number of carbonyl (C=O) groups is 1. The van der Waals surface area contributed by atoms with E-state index in [0.29, 0.717) is 31.2 Å². The number of benzene rings is 1. The average molecular weight is 449 g/mol. The van der Waals surface area contributed by atoms with E-state index in [4.69, 9.17) is 5.73 Å². The van der Waals surface area contributed by atoms with Crippen LogP contribution >= 0.6 is 0 Å². The fourth-order valence-electron chi connectivity index (χ4n) is 4.21. The third-order valence-electron chi connectivity index (χ3n) is 5.87. The van der Waals surface area contributed by atoms with Crippen LogP contribution in [0.4, 0.5) is 16.0 Å². The van der Waals surface area contributed by atoms with E-state index in [1.54, 1.807) is 18.3 Å². The van der Waals surface area contributed by atoms with Crippen LogP contribution in [0, 0.1) is 19.7 Å². The van der Waals surface area contributed by atoms with Gasteiger partial charge in [-0.3, -0.25) is 4.79 Å². The van der Waals surface area contributed by atoms with Gasteiger partial charge < -0.3 is 16.0 Å². The highest BCUT2D eigenvalue weighted by Gasteiger charge is 2.29. The van der Waals surface area contributed by atoms with Gasteiger partial charge in [0.2, 0.25) is 5.91 Å². The van der Waals surface area contributed by atoms with E-state index < -0.39 is 6.04 Å². The van der Waals surface area contributed by atoms with Crippen molar-refractivity contribution in [1.82, 2.24) is 19.9 Å². The number of aryl methyl sites for hydroxylation is 2. The minimum atomic E-state index is -0.661. The number of carbonyl (C=O) groups excluding carboxylic acids is 1. The maximum absolute atomic E-state index is 13.1. The smallest absolute Gasteiger partial charge is 0.239 e. The number of halogens is 1. The Morgan fingerprint density at radius 2 is 1.97 bits per heavy atom. The zero-order valence-corrected chi connectivity index (χ0v) is 19.0. The largest absolute Gasteiger partial charge is 0.341 e. The Kier molecular flexibility index (Phi) is 6.93. The van der Waals surface area contributed by atoms with Gasteiger partial charge in [-0.15, -0.1) is 0 Å². The molecule has 1 fully saturated rings. The molecule has 172 valence electrons. The second-order valence-electron chi connectivity index (χ2n) is 8.63. The summed E-state index contributed by atoms with van der Waals surface area (Å²) in [4.78, 5) is 28.4. The number of likely N-dealkylation sites (tertiary alicyclic amines) is 1. The molecule has 1 aliphatic heterocycles. The molecule has 3 aromatic rings. The molecule has 1 amide bonds. The Bertz CT molecular complexity index is 1120. The van der Waals surface area contributed by atoms with Crippen molar-refractivity contribution >= 4 is 17.5 Å². The molecule has 1 saturated heterocycles. The average Bonchev–Trinajstić information content (AvgIpc) is 2.80. The Hall–Kier alpha value is -3.39. The fourth-order valence-corrected chi connectivity index (χ4v) is 4.21. The van der Waals surface area contributed by atoms with Crippen LogP contribution in [0.2, 0.25) is 0 Å². The quantitative estimate of drug-likeness (QED) is 0.598. The molecule has 0 spiro atoms. The second-order valence-corrected chi connectivity index (χ2v) is 8.63. The normalized spacial score (nSPS) is 17.0. The number of pyridine rings is 1. The van der Waals surface area contributed by atoms with E-state index in [0.717, 1.165) is 35.5 Å². The van der Waals surface area contributed by atoms with Crippen molar-refractivity contribution in [2.45, 2.75) is 45.1 Å². The molecular weight excluding hydrogens is 419 g/mol. The minimum absolute atomic E-state index is 0.0860. The van der Waals surface area contributed by atoms with Gasteiger partial charge >= 0.3 is 0 Å². The van der Waals surface area contributed by atoms with Crippen LogP contribution < -0.4 is 11.1 Å². The van der Waals surface area contributed by atoms with Gasteiger partial charge in [-0.05, 0) is 68.5 Å². The number of rotatable bonds is 6. The van der Waals surface area contributed by atoms with Gasteiger partial charge in [0.25, 0.3) is 0 Å². The monoisotopic (exact) mass is 448 g/mol. The minimum Gasteiger partial charge on any atom is -0.341 e. The molecule has 0 bridgehead atoms. The summed E-state index contributed by atoms with van der Waals surface area (Å²) >= 11 is 0. The topological polar surface area (TPSA) is 97.0 Å². The molecule has 3 N–H and O–H groups in total. The third kappa shape index (κ3) is 5.90. The molecule has 8 heteroatoms. The number of hydrogen-bond donors (Lipinski definition) is 2. The van der Waals surface area contributed by atoms with Gasteiger partial charge in [0, 0.05) is 31.3 Å². The summed E-state index contributed by atoms with van der Waals surface area (Å²) in [5.74, 6) is 1.80. The highest BCUT2D eigenvalue weighted by Crippen LogP contribution is 2.28. The third-order valence-corrected chi connectivity index (χ3v) is 5.87. The summed E-state index contributed by atoms with van der Waals surface area (Å²) in [5.41, 5.74) is 9.08. The second kappa shape index (κ2) is 10.0. The summed E-state index contributed by atoms with van der Waals surface area (Å²) in [7, 11) is 0. The number of hydrogen-bond acceptors (Lipinski definition) is 6. The van der Waals surface area contributed by atoms with Crippen molar-refractivity contribution in [1.29, 1.82) is 0 Å². The molecule has 4 rings (SSSR count). The highest BCUT2D eigenvalue weighted by atomic mass is 19.1. The zero-order valence-electron chi connectivity index (χ0n) is 19.0. The summed E-state index contributed by atoms with van der Waals surface area (Å²) in [6.07, 6.45) is 3.96. The van der Waals surface area contributed by atoms with E-state index in [-0.39, 0.29) is 17.6 Å². The van der Waals surface area contributed by atoms with Crippen molar-refractivity contribution in [3.63, 3.8) is 0 Å². The number of aromatic nitrogens is 3. The number of amides is 1. The van der Waals surface area contributed by atoms with Crippen LogP contribution in [0.3, 0.4) is 0 Å². The predicted molar refractivity (Wildman–Crippen MR) is 126 cm³/mol. The number of nitrogens with two attached hydrogens (primary N) is 1. The number of nitrogens with zero attached hydrogens (tertiary/aromatic N) is 4. The first kappa shape index (κ1) is 22.8. The summed E-state index contributed by atoms with van der Waals surface area (Å²) in [5, 5.41) is 3.26. The summed E-state index contributed by atoms with van der Waals surface area (Å²) in [6, 6.07) is 11.3. The van der Waals surface area contributed by atoms with Gasteiger partial charge in [0.05, 0.1) is 11.7 Å². The lowest BCUT2D eigenvalue weighted by molar-refractivity contribution is -0.133. The molecule has 2 atom stereocenters. The van der Waals surface area contributed by atoms with Crippen LogP contribution in [0.15, 0.2) is 48.7 Å².